The maximum absolute atomic E-state index is 12.9. The molecule has 2 aromatic rings. The van der Waals surface area contributed by atoms with Crippen LogP contribution in [0.4, 0.5) is 0 Å². The molecule has 1 aromatic heterocycles. The first kappa shape index (κ1) is 20.4. The van der Waals surface area contributed by atoms with Crippen molar-refractivity contribution < 1.29 is 24.2 Å². The summed E-state index contributed by atoms with van der Waals surface area (Å²) < 4.78 is 12.5. The first-order valence-corrected chi connectivity index (χ1v) is 10.2. The van der Waals surface area contributed by atoms with Crippen molar-refractivity contribution in [1.29, 1.82) is 0 Å². The van der Waals surface area contributed by atoms with Crippen molar-refractivity contribution in [2.24, 2.45) is 18.9 Å². The maximum atomic E-state index is 12.9. The third-order valence-electron chi connectivity index (χ3n) is 6.38. The fourth-order valence-electron chi connectivity index (χ4n) is 4.55. The van der Waals surface area contributed by atoms with Gasteiger partial charge < -0.3 is 19.5 Å². The summed E-state index contributed by atoms with van der Waals surface area (Å²) in [6.45, 7) is 3.17. The minimum absolute atomic E-state index is 0.00672. The van der Waals surface area contributed by atoms with Gasteiger partial charge in [0, 0.05) is 25.8 Å². The monoisotopic (exact) mass is 413 g/mol. The van der Waals surface area contributed by atoms with Crippen LogP contribution in [0.25, 0.3) is 0 Å². The van der Waals surface area contributed by atoms with Gasteiger partial charge in [-0.25, -0.2) is 4.79 Å². The molecule has 2 aliphatic rings. The molecule has 8 heteroatoms. The molecular formula is C22H27N3O5. The van der Waals surface area contributed by atoms with Crippen LogP contribution in [0.15, 0.2) is 30.5 Å². The first-order chi connectivity index (χ1) is 14.4. The van der Waals surface area contributed by atoms with E-state index in [4.69, 9.17) is 9.47 Å². The number of carbonyl (C=O) groups excluding carboxylic acids is 2. The van der Waals surface area contributed by atoms with E-state index in [9.17, 15) is 14.7 Å². The van der Waals surface area contributed by atoms with E-state index in [1.807, 2.05) is 18.9 Å². The van der Waals surface area contributed by atoms with E-state index < -0.39 is 12.1 Å². The lowest BCUT2D eigenvalue weighted by atomic mass is 9.78. The van der Waals surface area contributed by atoms with Crippen molar-refractivity contribution in [2.75, 3.05) is 20.2 Å². The molecule has 1 N–H and O–H groups in total. The highest BCUT2D eigenvalue weighted by Crippen LogP contribution is 2.38. The molecule has 0 unspecified atom stereocenters. The van der Waals surface area contributed by atoms with E-state index in [1.165, 1.54) is 7.11 Å². The molecule has 2 heterocycles. The molecule has 30 heavy (non-hydrogen) atoms. The minimum Gasteiger partial charge on any atom is -0.488 e. The van der Waals surface area contributed by atoms with Crippen LogP contribution in [0.1, 0.15) is 39.3 Å². The third-order valence-corrected chi connectivity index (χ3v) is 6.38. The van der Waals surface area contributed by atoms with Gasteiger partial charge in [0.2, 0.25) is 0 Å². The molecule has 8 nitrogen and oxygen atoms in total. The lowest BCUT2D eigenvalue weighted by Gasteiger charge is -2.35. The van der Waals surface area contributed by atoms with Gasteiger partial charge in [-0.3, -0.25) is 9.48 Å². The quantitative estimate of drug-likeness (QED) is 0.769. The van der Waals surface area contributed by atoms with Crippen LogP contribution in [0.2, 0.25) is 0 Å². The van der Waals surface area contributed by atoms with Crippen LogP contribution in [0.3, 0.4) is 0 Å². The third kappa shape index (κ3) is 3.79. The number of hydrogen-bond acceptors (Lipinski definition) is 6. The van der Waals surface area contributed by atoms with E-state index in [0.717, 1.165) is 5.69 Å². The average molecular weight is 413 g/mol. The fraction of sp³-hybridized carbons (Fsp3) is 0.500. The van der Waals surface area contributed by atoms with Crippen molar-refractivity contribution in [3.8, 4) is 5.75 Å². The maximum Gasteiger partial charge on any atom is 0.337 e. The van der Waals surface area contributed by atoms with Crippen molar-refractivity contribution >= 4 is 11.9 Å². The number of fused-ring (bicyclic) bond motifs is 1. The molecule has 4 rings (SSSR count). The first-order valence-electron chi connectivity index (χ1n) is 10.2. The fourth-order valence-corrected chi connectivity index (χ4v) is 4.55. The highest BCUT2D eigenvalue weighted by atomic mass is 16.5. The number of likely N-dealkylation sites (tertiary alicyclic amines) is 1. The van der Waals surface area contributed by atoms with Crippen LogP contribution in [-0.2, 0) is 11.8 Å². The summed E-state index contributed by atoms with van der Waals surface area (Å²) in [6, 6.07) is 6.78. The molecule has 0 radical (unpaired) electrons. The summed E-state index contributed by atoms with van der Waals surface area (Å²) in [5, 5.41) is 14.8. The topological polar surface area (TPSA) is 93.9 Å². The highest BCUT2D eigenvalue weighted by Gasteiger charge is 2.44. The van der Waals surface area contributed by atoms with Crippen molar-refractivity contribution in [3.63, 3.8) is 0 Å². The zero-order valence-corrected chi connectivity index (χ0v) is 17.4. The predicted octanol–water partition coefficient (Wildman–Crippen LogP) is 1.81. The smallest absolute Gasteiger partial charge is 0.337 e. The van der Waals surface area contributed by atoms with Gasteiger partial charge in [0.05, 0.1) is 30.5 Å². The molecule has 1 saturated carbocycles. The molecular weight excluding hydrogens is 386 g/mol. The Morgan fingerprint density at radius 1 is 1.20 bits per heavy atom. The van der Waals surface area contributed by atoms with Crippen LogP contribution in [-0.4, -0.2) is 64.1 Å². The average Bonchev–Trinajstić information content (AvgIpc) is 3.30. The van der Waals surface area contributed by atoms with E-state index in [0.29, 0.717) is 42.8 Å². The van der Waals surface area contributed by atoms with E-state index in [1.54, 1.807) is 35.1 Å². The number of benzene rings is 1. The predicted molar refractivity (Wildman–Crippen MR) is 108 cm³/mol. The van der Waals surface area contributed by atoms with Crippen molar-refractivity contribution in [3.05, 3.63) is 47.3 Å². The molecule has 2 fully saturated rings. The van der Waals surface area contributed by atoms with Gasteiger partial charge in [-0.1, -0.05) is 6.07 Å². The van der Waals surface area contributed by atoms with Crippen LogP contribution >= 0.6 is 0 Å². The molecule has 1 aromatic carbocycles. The summed E-state index contributed by atoms with van der Waals surface area (Å²) in [4.78, 5) is 26.6. The number of hydrogen-bond donors (Lipinski definition) is 1. The number of methoxy groups -OCH3 is 1. The summed E-state index contributed by atoms with van der Waals surface area (Å²) in [6.07, 6.45) is 1.86. The number of carbonyl (C=O) groups is 2. The SMILES string of the molecule is COC(=O)c1cccc(O[C@@H]2C[C@@H]3CN(C(=O)c4cnn(C)c4C)C[C@@H]3C[C@H]2O)c1. The largest absolute Gasteiger partial charge is 0.488 e. The molecule has 1 aliphatic carbocycles. The number of aromatic nitrogens is 2. The normalized spacial score (nSPS) is 25.7. The lowest BCUT2D eigenvalue weighted by Crippen LogP contribution is -2.42. The van der Waals surface area contributed by atoms with E-state index >= 15 is 0 Å². The number of esters is 1. The second-order valence-electron chi connectivity index (χ2n) is 8.21. The van der Waals surface area contributed by atoms with Crippen LogP contribution in [0, 0.1) is 18.8 Å². The van der Waals surface area contributed by atoms with Gasteiger partial charge >= 0.3 is 5.97 Å². The van der Waals surface area contributed by atoms with Gasteiger partial charge in [0.15, 0.2) is 0 Å². The lowest BCUT2D eigenvalue weighted by molar-refractivity contribution is -0.0231. The Labute approximate surface area is 175 Å². The van der Waals surface area contributed by atoms with E-state index in [2.05, 4.69) is 5.10 Å². The second kappa shape index (κ2) is 8.10. The summed E-state index contributed by atoms with van der Waals surface area (Å²) >= 11 is 0. The van der Waals surface area contributed by atoms with Gasteiger partial charge in [0.25, 0.3) is 5.91 Å². The highest BCUT2D eigenvalue weighted by molar-refractivity contribution is 5.95. The Balaban J connectivity index is 1.43. The minimum atomic E-state index is -0.622. The Morgan fingerprint density at radius 3 is 2.60 bits per heavy atom. The molecule has 1 saturated heterocycles. The Morgan fingerprint density at radius 2 is 1.93 bits per heavy atom. The Kier molecular flexibility index (Phi) is 5.51. The van der Waals surface area contributed by atoms with Gasteiger partial charge in [-0.15, -0.1) is 0 Å². The van der Waals surface area contributed by atoms with Gasteiger partial charge in [-0.2, -0.15) is 5.10 Å². The summed E-state index contributed by atoms with van der Waals surface area (Å²) in [7, 11) is 3.16. The zero-order chi connectivity index (χ0) is 21.4. The van der Waals surface area contributed by atoms with E-state index in [-0.39, 0.29) is 23.8 Å². The molecule has 0 bridgehead atoms. The summed E-state index contributed by atoms with van der Waals surface area (Å²) in [5.41, 5.74) is 1.88. The number of rotatable bonds is 4. The Hall–Kier alpha value is -2.87. The molecule has 1 amide bonds. The standard InChI is InChI=1S/C22H27N3O5/c1-13-18(10-23-24(13)2)21(27)25-11-15-8-19(26)20(9-16(15)12-25)30-17-6-4-5-14(7-17)22(28)29-3/h4-7,10,15-16,19-20,26H,8-9,11-12H2,1-3H3/t15-,16+,19+,20+/m0/s1. The molecule has 0 spiro atoms. The number of aliphatic hydroxyl groups is 1. The number of amides is 1. The number of nitrogens with zero attached hydrogens (tertiary/aromatic N) is 3. The zero-order valence-electron chi connectivity index (χ0n) is 17.4. The molecule has 4 atom stereocenters. The van der Waals surface area contributed by atoms with Crippen molar-refractivity contribution in [1.82, 2.24) is 14.7 Å². The van der Waals surface area contributed by atoms with Gasteiger partial charge in [-0.05, 0) is 49.8 Å². The second-order valence-corrected chi connectivity index (χ2v) is 8.21. The van der Waals surface area contributed by atoms with Gasteiger partial charge in [0.1, 0.15) is 11.9 Å². The molecule has 1 aliphatic heterocycles. The van der Waals surface area contributed by atoms with Crippen LogP contribution in [0.5, 0.6) is 5.75 Å². The molecule has 160 valence electrons. The summed E-state index contributed by atoms with van der Waals surface area (Å²) in [5.74, 6) is 0.607. The van der Waals surface area contributed by atoms with Crippen LogP contribution < -0.4 is 4.74 Å². The number of aliphatic hydroxyl groups excluding tert-OH is 1. The number of aryl methyl sites for hydroxylation is 1. The Bertz CT molecular complexity index is 956. The van der Waals surface area contributed by atoms with Crippen molar-refractivity contribution in [2.45, 2.75) is 32.0 Å². The number of ether oxygens (including phenoxy) is 2.